The van der Waals surface area contributed by atoms with E-state index in [1.165, 1.54) is 32.9 Å². The Bertz CT molecular complexity index is 955. The molecule has 27 heavy (non-hydrogen) atoms. The molecule has 0 radical (unpaired) electrons. The highest BCUT2D eigenvalue weighted by atomic mass is 35.5. The average molecular weight is 419 g/mol. The number of sulfonamides is 1. The number of hydrogen-bond acceptors (Lipinski definition) is 8. The van der Waals surface area contributed by atoms with E-state index in [0.29, 0.717) is 17.2 Å². The maximum Gasteiger partial charge on any atom is 0.246 e. The van der Waals surface area contributed by atoms with Crippen LogP contribution in [0.1, 0.15) is 18.4 Å². The number of benzene rings is 1. The maximum absolute atomic E-state index is 12.5. The number of nitrogens with zero attached hydrogens (tertiary/aromatic N) is 1. The molecule has 0 aliphatic carbocycles. The number of amides is 1. The van der Waals surface area contributed by atoms with Crippen molar-refractivity contribution in [1.82, 2.24) is 9.88 Å². The first-order valence-corrected chi connectivity index (χ1v) is 9.12. The van der Waals surface area contributed by atoms with E-state index >= 15 is 0 Å². The molecule has 1 atom stereocenters. The van der Waals surface area contributed by atoms with E-state index in [9.17, 15) is 13.2 Å². The predicted octanol–water partition coefficient (Wildman–Crippen LogP) is 1.33. The zero-order valence-corrected chi connectivity index (χ0v) is 16.4. The highest BCUT2D eigenvalue weighted by molar-refractivity contribution is 7.89. The standard InChI is InChI=1S/C15H18N4O6S.ClH/c1-7-14(9(3)25-18-7)26(21,22)19-8(2)15(20)17-11-5-13-12(4-10(11)16)23-6-24-13;/h4-5,8,19H,6,16H2,1-3H3,(H,17,20);1H. The van der Waals surface area contributed by atoms with Gasteiger partial charge in [0.25, 0.3) is 0 Å². The number of nitrogens with one attached hydrogen (secondary N) is 2. The molecular weight excluding hydrogens is 400 g/mol. The van der Waals surface area contributed by atoms with Gasteiger partial charge in [-0.2, -0.15) is 4.72 Å². The first-order valence-electron chi connectivity index (χ1n) is 7.64. The van der Waals surface area contributed by atoms with Crippen LogP contribution < -0.4 is 25.2 Å². The average Bonchev–Trinajstić information content (AvgIpc) is 3.13. The summed E-state index contributed by atoms with van der Waals surface area (Å²) in [5.41, 5.74) is 6.65. The van der Waals surface area contributed by atoms with E-state index in [1.807, 2.05) is 0 Å². The summed E-state index contributed by atoms with van der Waals surface area (Å²) in [7, 11) is -3.98. The van der Waals surface area contributed by atoms with E-state index in [0.717, 1.165) is 0 Å². The van der Waals surface area contributed by atoms with E-state index < -0.39 is 22.0 Å². The molecule has 12 heteroatoms. The van der Waals surface area contributed by atoms with Crippen LogP contribution in [0.25, 0.3) is 0 Å². The van der Waals surface area contributed by atoms with Gasteiger partial charge in [0.2, 0.25) is 22.7 Å². The van der Waals surface area contributed by atoms with Gasteiger partial charge >= 0.3 is 0 Å². The number of nitrogens with two attached hydrogens (primary N) is 1. The minimum absolute atomic E-state index is 0. The molecule has 0 spiro atoms. The molecule has 4 N–H and O–H groups in total. The lowest BCUT2D eigenvalue weighted by Gasteiger charge is -2.15. The summed E-state index contributed by atoms with van der Waals surface area (Å²) in [4.78, 5) is 12.3. The molecule has 1 unspecified atom stereocenters. The molecular formula is C15H19ClN4O6S. The molecule has 1 aromatic heterocycles. The summed E-state index contributed by atoms with van der Waals surface area (Å²) in [5, 5.41) is 6.18. The van der Waals surface area contributed by atoms with Crippen LogP contribution in [0.4, 0.5) is 11.4 Å². The number of fused-ring (bicyclic) bond motifs is 1. The van der Waals surface area contributed by atoms with Gasteiger partial charge in [-0.05, 0) is 20.8 Å². The Hall–Kier alpha value is -2.50. The Morgan fingerprint density at radius 2 is 1.89 bits per heavy atom. The Labute approximate surface area is 161 Å². The van der Waals surface area contributed by atoms with Gasteiger partial charge < -0.3 is 25.0 Å². The minimum atomic E-state index is -3.98. The van der Waals surface area contributed by atoms with Gasteiger partial charge in [-0.15, -0.1) is 12.4 Å². The van der Waals surface area contributed by atoms with Gasteiger partial charge in [-0.25, -0.2) is 8.42 Å². The Morgan fingerprint density at radius 3 is 2.48 bits per heavy atom. The summed E-state index contributed by atoms with van der Waals surface area (Å²) >= 11 is 0. The molecule has 0 saturated heterocycles. The summed E-state index contributed by atoms with van der Waals surface area (Å²) in [5.74, 6) is 0.472. The van der Waals surface area contributed by atoms with E-state index in [-0.39, 0.29) is 41.2 Å². The molecule has 0 fully saturated rings. The number of halogens is 1. The van der Waals surface area contributed by atoms with Crippen molar-refractivity contribution >= 4 is 39.7 Å². The minimum Gasteiger partial charge on any atom is -0.454 e. The fraction of sp³-hybridized carbons (Fsp3) is 0.333. The molecule has 1 aliphatic heterocycles. The number of carbonyl (C=O) groups is 1. The number of carbonyl (C=O) groups excluding carboxylic acids is 1. The lowest BCUT2D eigenvalue weighted by Crippen LogP contribution is -2.41. The Balaban J connectivity index is 0.00000261. The van der Waals surface area contributed by atoms with Crippen LogP contribution in [-0.4, -0.2) is 32.3 Å². The second-order valence-corrected chi connectivity index (χ2v) is 7.43. The van der Waals surface area contributed by atoms with Crippen molar-refractivity contribution in [2.45, 2.75) is 31.7 Å². The fourth-order valence-electron chi connectivity index (χ4n) is 2.51. The van der Waals surface area contributed by atoms with Crippen molar-refractivity contribution < 1.29 is 27.2 Å². The summed E-state index contributed by atoms with van der Waals surface area (Å²) in [6.07, 6.45) is 0. The molecule has 2 heterocycles. The summed E-state index contributed by atoms with van der Waals surface area (Å²) < 4.78 is 42.5. The number of aryl methyl sites for hydroxylation is 2. The SMILES string of the molecule is Cc1noc(C)c1S(=O)(=O)NC(C)C(=O)Nc1cc2c(cc1N)OCO2.Cl. The monoisotopic (exact) mass is 418 g/mol. The van der Waals surface area contributed by atoms with Gasteiger partial charge in [0.1, 0.15) is 10.6 Å². The molecule has 0 saturated carbocycles. The van der Waals surface area contributed by atoms with Crippen molar-refractivity contribution in [1.29, 1.82) is 0 Å². The molecule has 1 amide bonds. The van der Waals surface area contributed by atoms with Crippen LogP contribution in [-0.2, 0) is 14.8 Å². The second-order valence-electron chi connectivity index (χ2n) is 5.78. The number of aromatic nitrogens is 1. The highest BCUT2D eigenvalue weighted by Crippen LogP contribution is 2.38. The molecule has 3 rings (SSSR count). The van der Waals surface area contributed by atoms with E-state index in [1.54, 1.807) is 0 Å². The van der Waals surface area contributed by atoms with E-state index in [2.05, 4.69) is 15.2 Å². The zero-order chi connectivity index (χ0) is 19.1. The molecule has 0 bridgehead atoms. The van der Waals surface area contributed by atoms with Crippen LogP contribution in [0.5, 0.6) is 11.5 Å². The largest absolute Gasteiger partial charge is 0.454 e. The third-order valence-electron chi connectivity index (χ3n) is 3.76. The molecule has 2 aromatic rings. The molecule has 148 valence electrons. The topological polar surface area (TPSA) is 146 Å². The highest BCUT2D eigenvalue weighted by Gasteiger charge is 2.28. The van der Waals surface area contributed by atoms with Gasteiger partial charge in [0.05, 0.1) is 17.4 Å². The van der Waals surface area contributed by atoms with Crippen molar-refractivity contribution in [3.05, 3.63) is 23.6 Å². The van der Waals surface area contributed by atoms with Crippen LogP contribution in [0.15, 0.2) is 21.6 Å². The number of rotatable bonds is 5. The lowest BCUT2D eigenvalue weighted by molar-refractivity contribution is -0.117. The van der Waals surface area contributed by atoms with Crippen molar-refractivity contribution in [2.75, 3.05) is 17.8 Å². The number of hydrogen-bond donors (Lipinski definition) is 3. The second kappa shape index (κ2) is 7.62. The lowest BCUT2D eigenvalue weighted by atomic mass is 10.2. The van der Waals surface area contributed by atoms with Gasteiger partial charge in [-0.3, -0.25) is 4.79 Å². The maximum atomic E-state index is 12.5. The number of ether oxygens (including phenoxy) is 2. The molecule has 10 nitrogen and oxygen atoms in total. The van der Waals surface area contributed by atoms with Crippen LogP contribution in [0.3, 0.4) is 0 Å². The van der Waals surface area contributed by atoms with Crippen molar-refractivity contribution in [3.8, 4) is 11.5 Å². The third-order valence-corrected chi connectivity index (χ3v) is 5.55. The smallest absolute Gasteiger partial charge is 0.246 e. The van der Waals surface area contributed by atoms with Crippen molar-refractivity contribution in [2.24, 2.45) is 0 Å². The first-order chi connectivity index (χ1) is 12.2. The van der Waals surface area contributed by atoms with Crippen LogP contribution >= 0.6 is 12.4 Å². The fourth-order valence-corrected chi connectivity index (χ4v) is 4.04. The quantitative estimate of drug-likeness (QED) is 0.616. The van der Waals surface area contributed by atoms with Crippen LogP contribution in [0.2, 0.25) is 0 Å². The van der Waals surface area contributed by atoms with Gasteiger partial charge in [0, 0.05) is 12.1 Å². The Kier molecular flexibility index (Phi) is 5.88. The zero-order valence-electron chi connectivity index (χ0n) is 14.7. The third kappa shape index (κ3) is 4.10. The Morgan fingerprint density at radius 1 is 1.26 bits per heavy atom. The van der Waals surface area contributed by atoms with Crippen LogP contribution in [0, 0.1) is 13.8 Å². The molecule has 1 aliphatic rings. The normalized spacial score (nSPS) is 13.7. The number of anilines is 2. The number of nitrogen functional groups attached to an aromatic ring is 1. The summed E-state index contributed by atoms with van der Waals surface area (Å²) in [6, 6.07) is 1.97. The predicted molar refractivity (Wildman–Crippen MR) is 98.6 cm³/mol. The van der Waals surface area contributed by atoms with Crippen molar-refractivity contribution in [3.63, 3.8) is 0 Å². The van der Waals surface area contributed by atoms with E-state index in [4.69, 9.17) is 19.7 Å². The molecule has 1 aromatic carbocycles. The van der Waals surface area contributed by atoms with Gasteiger partial charge in [-0.1, -0.05) is 5.16 Å². The first kappa shape index (κ1) is 20.8. The summed E-state index contributed by atoms with van der Waals surface area (Å²) in [6.45, 7) is 4.46. The van der Waals surface area contributed by atoms with Gasteiger partial charge in [0.15, 0.2) is 17.3 Å².